The Morgan fingerprint density at radius 1 is 1.44 bits per heavy atom. The Bertz CT molecular complexity index is 677. The van der Waals surface area contributed by atoms with Crippen LogP contribution in [0.5, 0.6) is 0 Å². The normalized spacial score (nSPS) is 19.4. The quantitative estimate of drug-likeness (QED) is 0.839. The summed E-state index contributed by atoms with van der Waals surface area (Å²) in [5.41, 5.74) is 0. The lowest BCUT2D eigenvalue weighted by Crippen LogP contribution is -2.42. The van der Waals surface area contributed by atoms with E-state index in [1.807, 2.05) is 31.5 Å². The summed E-state index contributed by atoms with van der Waals surface area (Å²) in [7, 11) is 0. The van der Waals surface area contributed by atoms with E-state index in [4.69, 9.17) is 4.42 Å². The summed E-state index contributed by atoms with van der Waals surface area (Å²) in [6, 6.07) is 4.00. The third-order valence-corrected chi connectivity index (χ3v) is 4.86. The molecule has 1 aliphatic heterocycles. The third-order valence-electron chi connectivity index (χ3n) is 4.86. The molecule has 1 N–H and O–H groups in total. The number of nitrogens with zero attached hydrogens (tertiary/aromatic N) is 3. The molecular weight excluding hydrogens is 316 g/mol. The fourth-order valence-corrected chi connectivity index (χ4v) is 3.59. The van der Waals surface area contributed by atoms with Gasteiger partial charge in [-0.2, -0.15) is 0 Å². The van der Waals surface area contributed by atoms with Crippen LogP contribution >= 0.6 is 0 Å². The number of nitrogens with one attached hydrogen (secondary N) is 1. The van der Waals surface area contributed by atoms with Gasteiger partial charge < -0.3 is 14.3 Å². The Kier molecular flexibility index (Phi) is 5.58. The average Bonchev–Trinajstić information content (AvgIpc) is 3.29. The Labute approximate surface area is 149 Å². The van der Waals surface area contributed by atoms with Gasteiger partial charge in [-0.3, -0.25) is 9.69 Å². The van der Waals surface area contributed by atoms with Gasteiger partial charge >= 0.3 is 0 Å². The molecule has 136 valence electrons. The standard InChI is InChI=1S/C19H28N4O2/c1-14(2)19-20-8-10-23(19)12-16-6-4-9-22(16)13-18(24)21-15(3)17-7-5-11-25-17/h5,7-8,10-11,14-16H,4,6,9,12-13H2,1-3H3,(H,21,24). The number of imidazole rings is 1. The van der Waals surface area contributed by atoms with Crippen molar-refractivity contribution in [3.05, 3.63) is 42.4 Å². The molecule has 3 heterocycles. The maximum absolute atomic E-state index is 12.4. The van der Waals surface area contributed by atoms with Crippen LogP contribution in [0.15, 0.2) is 35.2 Å². The van der Waals surface area contributed by atoms with Crippen molar-refractivity contribution in [2.45, 2.75) is 58.2 Å². The summed E-state index contributed by atoms with van der Waals surface area (Å²) in [6.07, 6.45) is 7.80. The summed E-state index contributed by atoms with van der Waals surface area (Å²) in [6.45, 7) is 8.57. The van der Waals surface area contributed by atoms with E-state index in [1.165, 1.54) is 0 Å². The number of carbonyl (C=O) groups excluding carboxylic acids is 1. The molecule has 2 unspecified atom stereocenters. The zero-order valence-electron chi connectivity index (χ0n) is 15.3. The molecule has 0 saturated carbocycles. The van der Waals surface area contributed by atoms with Gasteiger partial charge in [0.25, 0.3) is 0 Å². The molecule has 6 nitrogen and oxygen atoms in total. The minimum atomic E-state index is -0.107. The largest absolute Gasteiger partial charge is 0.467 e. The highest BCUT2D eigenvalue weighted by atomic mass is 16.3. The van der Waals surface area contributed by atoms with Crippen molar-refractivity contribution in [1.29, 1.82) is 0 Å². The Balaban J connectivity index is 1.56. The molecule has 1 aliphatic rings. The van der Waals surface area contributed by atoms with Crippen molar-refractivity contribution in [3.8, 4) is 0 Å². The second-order valence-electron chi connectivity index (χ2n) is 7.16. The lowest BCUT2D eigenvalue weighted by Gasteiger charge is -2.25. The zero-order chi connectivity index (χ0) is 17.8. The molecule has 0 aromatic carbocycles. The Morgan fingerprint density at radius 3 is 3.00 bits per heavy atom. The van der Waals surface area contributed by atoms with Crippen molar-refractivity contribution < 1.29 is 9.21 Å². The predicted octanol–water partition coefficient (Wildman–Crippen LogP) is 2.94. The second kappa shape index (κ2) is 7.87. The number of hydrogen-bond donors (Lipinski definition) is 1. The first-order valence-electron chi connectivity index (χ1n) is 9.12. The van der Waals surface area contributed by atoms with Crippen molar-refractivity contribution in [2.75, 3.05) is 13.1 Å². The summed E-state index contributed by atoms with van der Waals surface area (Å²) < 4.78 is 7.59. The SMILES string of the molecule is CC(C)c1nccn1CC1CCCN1CC(=O)NC(C)c1ccco1. The Hall–Kier alpha value is -2.08. The summed E-state index contributed by atoms with van der Waals surface area (Å²) in [4.78, 5) is 19.2. The summed E-state index contributed by atoms with van der Waals surface area (Å²) >= 11 is 0. The van der Waals surface area contributed by atoms with Crippen molar-refractivity contribution in [3.63, 3.8) is 0 Å². The molecule has 1 amide bonds. The third kappa shape index (κ3) is 4.31. The predicted molar refractivity (Wildman–Crippen MR) is 96.2 cm³/mol. The zero-order valence-corrected chi connectivity index (χ0v) is 15.3. The number of furan rings is 1. The number of hydrogen-bond acceptors (Lipinski definition) is 4. The molecule has 0 bridgehead atoms. The molecule has 1 fully saturated rings. The van der Waals surface area contributed by atoms with Crippen molar-refractivity contribution in [1.82, 2.24) is 19.8 Å². The van der Waals surface area contributed by atoms with Crippen molar-refractivity contribution in [2.24, 2.45) is 0 Å². The fourth-order valence-electron chi connectivity index (χ4n) is 3.59. The van der Waals surface area contributed by atoms with E-state index in [9.17, 15) is 4.79 Å². The van der Waals surface area contributed by atoms with Crippen LogP contribution in [0.25, 0.3) is 0 Å². The molecule has 2 aromatic rings. The summed E-state index contributed by atoms with van der Waals surface area (Å²) in [5.74, 6) is 2.35. The van der Waals surface area contributed by atoms with E-state index in [0.717, 1.165) is 37.5 Å². The van der Waals surface area contributed by atoms with Gasteiger partial charge in [0, 0.05) is 30.9 Å². The number of rotatable bonds is 7. The van der Waals surface area contributed by atoms with Crippen LogP contribution in [-0.2, 0) is 11.3 Å². The van der Waals surface area contributed by atoms with Gasteiger partial charge in [-0.15, -0.1) is 0 Å². The molecular formula is C19H28N4O2. The maximum atomic E-state index is 12.4. The molecule has 2 atom stereocenters. The number of amides is 1. The first-order chi connectivity index (χ1) is 12.0. The lowest BCUT2D eigenvalue weighted by atomic mass is 10.2. The van der Waals surface area contributed by atoms with Crippen LogP contribution < -0.4 is 5.32 Å². The molecule has 0 radical (unpaired) electrons. The molecule has 1 saturated heterocycles. The van der Waals surface area contributed by atoms with E-state index in [-0.39, 0.29) is 11.9 Å². The van der Waals surface area contributed by atoms with Gasteiger partial charge in [-0.05, 0) is 38.4 Å². The van der Waals surface area contributed by atoms with Crippen LogP contribution in [-0.4, -0.2) is 39.5 Å². The molecule has 6 heteroatoms. The average molecular weight is 344 g/mol. The maximum Gasteiger partial charge on any atom is 0.234 e. The van der Waals surface area contributed by atoms with Gasteiger partial charge in [0.15, 0.2) is 0 Å². The highest BCUT2D eigenvalue weighted by molar-refractivity contribution is 5.78. The first kappa shape index (κ1) is 17.7. The van der Waals surface area contributed by atoms with Crippen LogP contribution in [0.2, 0.25) is 0 Å². The first-order valence-corrected chi connectivity index (χ1v) is 9.12. The van der Waals surface area contributed by atoms with E-state index in [0.29, 0.717) is 18.5 Å². The smallest absolute Gasteiger partial charge is 0.234 e. The van der Waals surface area contributed by atoms with E-state index < -0.39 is 0 Å². The molecule has 3 rings (SSSR count). The van der Waals surface area contributed by atoms with Crippen molar-refractivity contribution >= 4 is 5.91 Å². The van der Waals surface area contributed by atoms with Gasteiger partial charge in [-0.25, -0.2) is 4.98 Å². The van der Waals surface area contributed by atoms with E-state index >= 15 is 0 Å². The van der Waals surface area contributed by atoms with Gasteiger partial charge in [0.2, 0.25) is 5.91 Å². The number of aromatic nitrogens is 2. The van der Waals surface area contributed by atoms with Crippen LogP contribution in [0.1, 0.15) is 57.2 Å². The molecule has 0 spiro atoms. The highest BCUT2D eigenvalue weighted by Gasteiger charge is 2.27. The monoisotopic (exact) mass is 344 g/mol. The topological polar surface area (TPSA) is 63.3 Å². The number of likely N-dealkylation sites (tertiary alicyclic amines) is 1. The Morgan fingerprint density at radius 2 is 2.28 bits per heavy atom. The molecule has 0 aliphatic carbocycles. The van der Waals surface area contributed by atoms with Gasteiger partial charge in [0.1, 0.15) is 11.6 Å². The minimum absolute atomic E-state index is 0.0468. The molecule has 2 aromatic heterocycles. The van der Waals surface area contributed by atoms with Crippen LogP contribution in [0, 0.1) is 0 Å². The number of carbonyl (C=O) groups is 1. The van der Waals surface area contributed by atoms with Gasteiger partial charge in [0.05, 0.1) is 18.8 Å². The minimum Gasteiger partial charge on any atom is -0.467 e. The van der Waals surface area contributed by atoms with Crippen LogP contribution in [0.3, 0.4) is 0 Å². The lowest BCUT2D eigenvalue weighted by molar-refractivity contribution is -0.123. The van der Waals surface area contributed by atoms with E-state index in [1.54, 1.807) is 6.26 Å². The fraction of sp³-hybridized carbons (Fsp3) is 0.579. The van der Waals surface area contributed by atoms with Crippen LogP contribution in [0.4, 0.5) is 0 Å². The highest BCUT2D eigenvalue weighted by Crippen LogP contribution is 2.21. The molecule has 25 heavy (non-hydrogen) atoms. The van der Waals surface area contributed by atoms with E-state index in [2.05, 4.69) is 33.6 Å². The van der Waals surface area contributed by atoms with Gasteiger partial charge in [-0.1, -0.05) is 13.8 Å². The summed E-state index contributed by atoms with van der Waals surface area (Å²) in [5, 5.41) is 3.02. The second-order valence-corrected chi connectivity index (χ2v) is 7.16.